The number of carbonyl (C=O) groups excluding carboxylic acids is 2. The fraction of sp³-hybridized carbons (Fsp3) is 0.261. The molecule has 0 N–H and O–H groups in total. The summed E-state index contributed by atoms with van der Waals surface area (Å²) in [5.41, 5.74) is 4.87. The summed E-state index contributed by atoms with van der Waals surface area (Å²) in [4.78, 5) is 30.1. The zero-order chi connectivity index (χ0) is 19.8. The number of imide groups is 1. The number of nitrogens with zero attached hydrogens (tertiary/aromatic N) is 3. The molecule has 0 spiro atoms. The number of amides is 2. The highest BCUT2D eigenvalue weighted by Crippen LogP contribution is 2.37. The molecule has 0 bridgehead atoms. The summed E-state index contributed by atoms with van der Waals surface area (Å²) in [6, 6.07) is 14.6. The van der Waals surface area contributed by atoms with Crippen molar-refractivity contribution in [1.29, 1.82) is 5.26 Å². The average Bonchev–Trinajstić information content (AvgIpc) is 3.29. The molecule has 1 fully saturated rings. The molecule has 0 saturated carbocycles. The average molecular weight is 371 g/mol. The Balaban J connectivity index is 1.84. The lowest BCUT2D eigenvalue weighted by Crippen LogP contribution is -2.34. The molecule has 2 aliphatic heterocycles. The standard InChI is InChI=1S/C23H21N3O2/c1-15-5-10-19(16(2)13-15)20-21(25-11-3-4-12-25)23(28)26(22(20)27)18-8-6-17(14-24)7-9-18/h5-10,13H,3-4,11-12H2,1-2H3. The van der Waals surface area contributed by atoms with Gasteiger partial charge >= 0.3 is 0 Å². The predicted molar refractivity (Wildman–Crippen MR) is 107 cm³/mol. The molecule has 0 unspecified atom stereocenters. The van der Waals surface area contributed by atoms with E-state index in [1.165, 1.54) is 4.90 Å². The molecule has 28 heavy (non-hydrogen) atoms. The van der Waals surface area contributed by atoms with Crippen molar-refractivity contribution in [3.63, 3.8) is 0 Å². The lowest BCUT2D eigenvalue weighted by Gasteiger charge is -2.20. The molecule has 5 heteroatoms. The molecule has 2 amide bonds. The number of hydrogen-bond acceptors (Lipinski definition) is 4. The zero-order valence-corrected chi connectivity index (χ0v) is 16.0. The molecule has 5 nitrogen and oxygen atoms in total. The minimum atomic E-state index is -0.302. The summed E-state index contributed by atoms with van der Waals surface area (Å²) in [5.74, 6) is -0.588. The Morgan fingerprint density at radius 2 is 1.61 bits per heavy atom. The second kappa shape index (κ2) is 6.97. The van der Waals surface area contributed by atoms with Gasteiger partial charge in [-0.1, -0.05) is 23.8 Å². The van der Waals surface area contributed by atoms with E-state index >= 15 is 0 Å². The largest absolute Gasteiger partial charge is 0.366 e. The number of carbonyl (C=O) groups is 2. The lowest BCUT2D eigenvalue weighted by atomic mass is 9.97. The van der Waals surface area contributed by atoms with E-state index in [2.05, 4.69) is 6.07 Å². The first-order valence-corrected chi connectivity index (χ1v) is 9.47. The van der Waals surface area contributed by atoms with Crippen LogP contribution in [0.2, 0.25) is 0 Å². The zero-order valence-electron chi connectivity index (χ0n) is 16.0. The van der Waals surface area contributed by atoms with Crippen molar-refractivity contribution < 1.29 is 9.59 Å². The van der Waals surface area contributed by atoms with Crippen molar-refractivity contribution >= 4 is 23.1 Å². The Bertz CT molecular complexity index is 1040. The third-order valence-corrected chi connectivity index (χ3v) is 5.39. The Morgan fingerprint density at radius 1 is 0.929 bits per heavy atom. The molecule has 2 aromatic rings. The number of hydrogen-bond donors (Lipinski definition) is 0. The van der Waals surface area contributed by atoms with E-state index in [4.69, 9.17) is 5.26 Å². The van der Waals surface area contributed by atoms with Crippen LogP contribution >= 0.6 is 0 Å². The number of aryl methyl sites for hydroxylation is 2. The first-order valence-electron chi connectivity index (χ1n) is 9.47. The highest BCUT2D eigenvalue weighted by atomic mass is 16.2. The van der Waals surface area contributed by atoms with Gasteiger partial charge in [0.25, 0.3) is 11.8 Å². The molecule has 0 aliphatic carbocycles. The summed E-state index contributed by atoms with van der Waals surface area (Å²) >= 11 is 0. The van der Waals surface area contributed by atoms with Crippen molar-refractivity contribution in [1.82, 2.24) is 4.90 Å². The van der Waals surface area contributed by atoms with Crippen molar-refractivity contribution in [3.8, 4) is 6.07 Å². The maximum atomic E-state index is 13.4. The minimum Gasteiger partial charge on any atom is -0.366 e. The van der Waals surface area contributed by atoms with Crippen LogP contribution in [-0.4, -0.2) is 29.8 Å². The molecule has 140 valence electrons. The van der Waals surface area contributed by atoms with Crippen molar-refractivity contribution in [3.05, 3.63) is 70.4 Å². The summed E-state index contributed by atoms with van der Waals surface area (Å²) in [6.07, 6.45) is 2.03. The Hall–Kier alpha value is -3.39. The smallest absolute Gasteiger partial charge is 0.282 e. The van der Waals surface area contributed by atoms with Crippen LogP contribution in [-0.2, 0) is 9.59 Å². The van der Waals surface area contributed by atoms with Gasteiger partial charge in [0.2, 0.25) is 0 Å². The highest BCUT2D eigenvalue weighted by Gasteiger charge is 2.43. The van der Waals surface area contributed by atoms with Gasteiger partial charge in [-0.25, -0.2) is 4.90 Å². The maximum Gasteiger partial charge on any atom is 0.282 e. The predicted octanol–water partition coefficient (Wildman–Crippen LogP) is 3.56. The SMILES string of the molecule is Cc1ccc(C2=C(N3CCCC3)C(=O)N(c3ccc(C#N)cc3)C2=O)c(C)c1. The van der Waals surface area contributed by atoms with Crippen molar-refractivity contribution in [2.75, 3.05) is 18.0 Å². The third-order valence-electron chi connectivity index (χ3n) is 5.39. The van der Waals surface area contributed by atoms with E-state index in [1.807, 2.05) is 36.9 Å². The minimum absolute atomic E-state index is 0.286. The van der Waals surface area contributed by atoms with Crippen LogP contribution in [0.25, 0.3) is 5.57 Å². The van der Waals surface area contributed by atoms with Crippen LogP contribution in [0.5, 0.6) is 0 Å². The fourth-order valence-electron chi connectivity index (χ4n) is 4.01. The monoisotopic (exact) mass is 371 g/mol. The first-order chi connectivity index (χ1) is 13.5. The van der Waals surface area contributed by atoms with E-state index < -0.39 is 0 Å². The van der Waals surface area contributed by atoms with E-state index in [9.17, 15) is 9.59 Å². The molecular formula is C23H21N3O2. The van der Waals surface area contributed by atoms with Gasteiger partial charge in [-0.15, -0.1) is 0 Å². The first kappa shape index (κ1) is 18.0. The fourth-order valence-corrected chi connectivity index (χ4v) is 4.01. The maximum absolute atomic E-state index is 13.4. The van der Waals surface area contributed by atoms with Crippen molar-refractivity contribution in [2.24, 2.45) is 0 Å². The molecular weight excluding hydrogens is 350 g/mol. The van der Waals surface area contributed by atoms with Crippen LogP contribution in [0.4, 0.5) is 5.69 Å². The van der Waals surface area contributed by atoms with Crippen LogP contribution in [0, 0.1) is 25.2 Å². The van der Waals surface area contributed by atoms with Crippen LogP contribution in [0.15, 0.2) is 48.2 Å². The van der Waals surface area contributed by atoms with E-state index in [0.717, 1.165) is 42.6 Å². The molecule has 2 aliphatic rings. The summed E-state index contributed by atoms with van der Waals surface area (Å²) in [5, 5.41) is 9.01. The molecule has 0 atom stereocenters. The van der Waals surface area contributed by atoms with Gasteiger partial charge in [-0.05, 0) is 62.1 Å². The van der Waals surface area contributed by atoms with Gasteiger partial charge in [0.15, 0.2) is 0 Å². The van der Waals surface area contributed by atoms with Crippen LogP contribution in [0.1, 0.15) is 35.1 Å². The molecule has 4 rings (SSSR count). The van der Waals surface area contributed by atoms with Gasteiger partial charge in [-0.2, -0.15) is 5.26 Å². The van der Waals surface area contributed by atoms with Crippen molar-refractivity contribution in [2.45, 2.75) is 26.7 Å². The third kappa shape index (κ3) is 2.87. The molecule has 2 heterocycles. The number of anilines is 1. The number of benzene rings is 2. The van der Waals surface area contributed by atoms with Gasteiger partial charge < -0.3 is 4.90 Å². The topological polar surface area (TPSA) is 64.4 Å². The Kier molecular flexibility index (Phi) is 4.48. The Labute approximate surface area is 164 Å². The Morgan fingerprint density at radius 3 is 2.21 bits per heavy atom. The van der Waals surface area contributed by atoms with Crippen LogP contribution < -0.4 is 4.90 Å². The second-order valence-corrected chi connectivity index (χ2v) is 7.34. The van der Waals surface area contributed by atoms with E-state index in [0.29, 0.717) is 22.5 Å². The van der Waals surface area contributed by atoms with Crippen LogP contribution in [0.3, 0.4) is 0 Å². The molecule has 2 aromatic carbocycles. The lowest BCUT2D eigenvalue weighted by molar-refractivity contribution is -0.120. The van der Waals surface area contributed by atoms with Gasteiger partial charge in [-0.3, -0.25) is 9.59 Å². The number of nitriles is 1. The molecule has 0 radical (unpaired) electrons. The van der Waals surface area contributed by atoms with E-state index in [-0.39, 0.29) is 11.8 Å². The summed E-state index contributed by atoms with van der Waals surface area (Å²) in [6.45, 7) is 5.55. The quantitative estimate of drug-likeness (QED) is 0.774. The van der Waals surface area contributed by atoms with Gasteiger partial charge in [0.1, 0.15) is 5.70 Å². The second-order valence-electron chi connectivity index (χ2n) is 7.34. The highest BCUT2D eigenvalue weighted by molar-refractivity contribution is 6.45. The molecule has 1 saturated heterocycles. The van der Waals surface area contributed by atoms with Gasteiger partial charge in [0, 0.05) is 13.1 Å². The van der Waals surface area contributed by atoms with Gasteiger partial charge in [0.05, 0.1) is 22.9 Å². The number of rotatable bonds is 3. The summed E-state index contributed by atoms with van der Waals surface area (Å²) < 4.78 is 0. The number of likely N-dealkylation sites (tertiary alicyclic amines) is 1. The molecule has 0 aromatic heterocycles. The summed E-state index contributed by atoms with van der Waals surface area (Å²) in [7, 11) is 0. The normalized spacial score (nSPS) is 16.9. The van der Waals surface area contributed by atoms with E-state index in [1.54, 1.807) is 24.3 Å².